The monoisotopic (exact) mass is 480 g/mol. The van der Waals surface area contributed by atoms with Crippen molar-refractivity contribution in [3.8, 4) is 0 Å². The Hall–Kier alpha value is -2.22. The fourth-order valence-electron chi connectivity index (χ4n) is 5.91. The minimum Gasteiger partial charge on any atom is -0.381 e. The number of amides is 1. The van der Waals surface area contributed by atoms with Crippen molar-refractivity contribution in [2.75, 3.05) is 46.1 Å². The number of benzene rings is 1. The molecule has 1 aromatic heterocycles. The molecule has 35 heavy (non-hydrogen) atoms. The van der Waals surface area contributed by atoms with Crippen LogP contribution in [0.15, 0.2) is 30.3 Å². The number of aromatic nitrogens is 2. The van der Waals surface area contributed by atoms with Crippen LogP contribution in [0.3, 0.4) is 0 Å². The van der Waals surface area contributed by atoms with E-state index in [1.54, 1.807) is 0 Å². The number of morpholine rings is 1. The smallest absolute Gasteiger partial charge is 0.274 e. The highest BCUT2D eigenvalue weighted by Gasteiger charge is 2.36. The quantitative estimate of drug-likeness (QED) is 0.659. The Morgan fingerprint density at radius 3 is 2.54 bits per heavy atom. The van der Waals surface area contributed by atoms with Gasteiger partial charge in [0.15, 0.2) is 5.69 Å². The Bertz CT molecular complexity index is 991. The number of rotatable bonds is 7. The Balaban J connectivity index is 1.35. The molecule has 2 fully saturated rings. The standard InChI is InChI=1S/C28H40N4O3/c1-21(2)19-32-25-9-8-23(18-24(25)26(30-32)27(33)31-12-16-35-17-13-31)29-20-28(10-14-34-15-11-28)22-6-4-3-5-7-22/h3-7,21,23,29H,8-20H2,1-2H3/t23-/m1/s1. The number of nitrogens with zero attached hydrogens (tertiary/aromatic N) is 3. The summed E-state index contributed by atoms with van der Waals surface area (Å²) >= 11 is 0. The molecule has 1 aliphatic carbocycles. The molecule has 2 saturated heterocycles. The number of fused-ring (bicyclic) bond motifs is 1. The van der Waals surface area contributed by atoms with Gasteiger partial charge in [-0.3, -0.25) is 9.48 Å². The minimum atomic E-state index is 0.0675. The molecule has 0 spiro atoms. The van der Waals surface area contributed by atoms with Gasteiger partial charge in [0.2, 0.25) is 0 Å². The first-order valence-corrected chi connectivity index (χ1v) is 13.4. The van der Waals surface area contributed by atoms with Crippen LogP contribution in [-0.2, 0) is 34.3 Å². The van der Waals surface area contributed by atoms with Crippen LogP contribution in [0.5, 0.6) is 0 Å². The van der Waals surface area contributed by atoms with Crippen molar-refractivity contribution in [2.45, 2.75) is 64.0 Å². The Kier molecular flexibility index (Phi) is 7.56. The van der Waals surface area contributed by atoms with E-state index in [-0.39, 0.29) is 11.3 Å². The fraction of sp³-hybridized carbons (Fsp3) is 0.643. The predicted octanol–water partition coefficient (Wildman–Crippen LogP) is 3.21. The molecule has 1 atom stereocenters. The zero-order chi connectivity index (χ0) is 24.3. The van der Waals surface area contributed by atoms with E-state index in [1.165, 1.54) is 11.3 Å². The van der Waals surface area contributed by atoms with Crippen molar-refractivity contribution in [2.24, 2.45) is 5.92 Å². The maximum Gasteiger partial charge on any atom is 0.274 e. The highest BCUT2D eigenvalue weighted by molar-refractivity contribution is 5.94. The number of nitrogens with one attached hydrogen (secondary N) is 1. The summed E-state index contributed by atoms with van der Waals surface area (Å²) in [6.45, 7) is 10.3. The van der Waals surface area contributed by atoms with Gasteiger partial charge in [-0.15, -0.1) is 0 Å². The lowest BCUT2D eigenvalue weighted by atomic mass is 9.73. The number of hydrogen-bond acceptors (Lipinski definition) is 5. The molecule has 7 heteroatoms. The van der Waals surface area contributed by atoms with Crippen LogP contribution in [-0.4, -0.2) is 72.7 Å². The van der Waals surface area contributed by atoms with Gasteiger partial charge in [0.1, 0.15) is 0 Å². The summed E-state index contributed by atoms with van der Waals surface area (Å²) in [5.41, 5.74) is 4.59. The fourth-order valence-corrected chi connectivity index (χ4v) is 5.91. The number of hydrogen-bond donors (Lipinski definition) is 1. The van der Waals surface area contributed by atoms with Crippen molar-refractivity contribution < 1.29 is 14.3 Å². The number of ether oxygens (including phenoxy) is 2. The number of carbonyl (C=O) groups excluding carboxylic acids is 1. The highest BCUT2D eigenvalue weighted by atomic mass is 16.5. The second kappa shape index (κ2) is 10.8. The van der Waals surface area contributed by atoms with Gasteiger partial charge in [-0.05, 0) is 43.6 Å². The summed E-state index contributed by atoms with van der Waals surface area (Å²) in [7, 11) is 0. The molecule has 2 aliphatic heterocycles. The zero-order valence-corrected chi connectivity index (χ0v) is 21.3. The first kappa shape index (κ1) is 24.5. The minimum absolute atomic E-state index is 0.0675. The average molecular weight is 481 g/mol. The molecular weight excluding hydrogens is 440 g/mol. The van der Waals surface area contributed by atoms with Gasteiger partial charge in [0, 0.05) is 62.1 Å². The molecule has 1 N–H and O–H groups in total. The van der Waals surface area contributed by atoms with Crippen molar-refractivity contribution in [1.82, 2.24) is 20.0 Å². The van der Waals surface area contributed by atoms with Gasteiger partial charge in [0.25, 0.3) is 5.91 Å². The third-order valence-electron chi connectivity index (χ3n) is 7.95. The molecule has 3 heterocycles. The van der Waals surface area contributed by atoms with E-state index in [0.717, 1.165) is 64.0 Å². The van der Waals surface area contributed by atoms with Crippen LogP contribution >= 0.6 is 0 Å². The van der Waals surface area contributed by atoms with Crippen LogP contribution in [0.25, 0.3) is 0 Å². The molecule has 0 saturated carbocycles. The molecule has 5 rings (SSSR count). The molecule has 1 amide bonds. The molecule has 3 aliphatic rings. The maximum absolute atomic E-state index is 13.5. The summed E-state index contributed by atoms with van der Waals surface area (Å²) in [5, 5.41) is 8.82. The maximum atomic E-state index is 13.5. The molecule has 7 nitrogen and oxygen atoms in total. The zero-order valence-electron chi connectivity index (χ0n) is 21.3. The summed E-state index contributed by atoms with van der Waals surface area (Å²) in [5.74, 6) is 0.554. The third kappa shape index (κ3) is 5.32. The Morgan fingerprint density at radius 2 is 1.83 bits per heavy atom. The van der Waals surface area contributed by atoms with Crippen LogP contribution in [0.1, 0.15) is 60.4 Å². The summed E-state index contributed by atoms with van der Waals surface area (Å²) < 4.78 is 13.3. The number of carbonyl (C=O) groups is 1. The van der Waals surface area contributed by atoms with E-state index < -0.39 is 0 Å². The molecule has 0 bridgehead atoms. The Morgan fingerprint density at radius 1 is 1.11 bits per heavy atom. The molecule has 1 aromatic carbocycles. The van der Waals surface area contributed by atoms with E-state index >= 15 is 0 Å². The molecule has 190 valence electrons. The molecule has 0 unspecified atom stereocenters. The van der Waals surface area contributed by atoms with E-state index in [2.05, 4.69) is 54.2 Å². The summed E-state index contributed by atoms with van der Waals surface area (Å²) in [6, 6.07) is 11.3. The SMILES string of the molecule is CC(C)Cn1nc(C(=O)N2CCOCC2)c2c1CC[C@@H](NCC1(c3ccccc3)CCOCC1)C2. The lowest BCUT2D eigenvalue weighted by Gasteiger charge is -2.39. The molecule has 2 aromatic rings. The van der Waals surface area contributed by atoms with Crippen molar-refractivity contribution in [3.05, 3.63) is 52.8 Å². The lowest BCUT2D eigenvalue weighted by Crippen LogP contribution is -2.47. The van der Waals surface area contributed by atoms with Gasteiger partial charge >= 0.3 is 0 Å². The molecular formula is C28H40N4O3. The van der Waals surface area contributed by atoms with Gasteiger partial charge in [-0.1, -0.05) is 44.2 Å². The topological polar surface area (TPSA) is 68.6 Å². The normalized spacial score (nSPS) is 22.3. The van der Waals surface area contributed by atoms with Crippen LogP contribution in [0.2, 0.25) is 0 Å². The van der Waals surface area contributed by atoms with E-state index in [1.807, 2.05) is 4.90 Å². The van der Waals surface area contributed by atoms with Crippen molar-refractivity contribution >= 4 is 5.91 Å². The first-order valence-electron chi connectivity index (χ1n) is 13.4. The summed E-state index contributed by atoms with van der Waals surface area (Å²) in [4.78, 5) is 15.4. The predicted molar refractivity (Wildman–Crippen MR) is 136 cm³/mol. The summed E-state index contributed by atoms with van der Waals surface area (Å²) in [6.07, 6.45) is 4.97. The Labute approximate surface area is 209 Å². The van der Waals surface area contributed by atoms with Crippen LogP contribution in [0.4, 0.5) is 0 Å². The second-order valence-corrected chi connectivity index (χ2v) is 10.8. The van der Waals surface area contributed by atoms with Gasteiger partial charge in [-0.25, -0.2) is 0 Å². The lowest BCUT2D eigenvalue weighted by molar-refractivity contribution is 0.0297. The van der Waals surface area contributed by atoms with Crippen molar-refractivity contribution in [3.63, 3.8) is 0 Å². The van der Waals surface area contributed by atoms with Gasteiger partial charge < -0.3 is 19.7 Å². The van der Waals surface area contributed by atoms with E-state index in [0.29, 0.717) is 44.0 Å². The van der Waals surface area contributed by atoms with E-state index in [4.69, 9.17) is 14.6 Å². The van der Waals surface area contributed by atoms with Crippen molar-refractivity contribution in [1.29, 1.82) is 0 Å². The second-order valence-electron chi connectivity index (χ2n) is 10.8. The van der Waals surface area contributed by atoms with E-state index in [9.17, 15) is 4.79 Å². The first-order chi connectivity index (χ1) is 17.1. The van der Waals surface area contributed by atoms with Crippen LogP contribution < -0.4 is 5.32 Å². The van der Waals surface area contributed by atoms with Gasteiger partial charge in [-0.2, -0.15) is 5.10 Å². The highest BCUT2D eigenvalue weighted by Crippen LogP contribution is 2.35. The average Bonchev–Trinajstić information content (AvgIpc) is 3.25. The molecule has 0 radical (unpaired) electrons. The van der Waals surface area contributed by atoms with Crippen LogP contribution in [0, 0.1) is 5.92 Å². The largest absolute Gasteiger partial charge is 0.381 e. The van der Waals surface area contributed by atoms with Gasteiger partial charge in [0.05, 0.1) is 13.2 Å². The third-order valence-corrected chi connectivity index (χ3v) is 7.95.